The van der Waals surface area contributed by atoms with Gasteiger partial charge in [0.25, 0.3) is 5.91 Å². The van der Waals surface area contributed by atoms with Crippen LogP contribution in [0.4, 0.5) is 0 Å². The number of amides is 1. The molecule has 0 aromatic heterocycles. The van der Waals surface area contributed by atoms with E-state index in [1.807, 2.05) is 0 Å². The maximum absolute atomic E-state index is 11.5. The topological polar surface area (TPSA) is 63.2 Å². The van der Waals surface area contributed by atoms with Gasteiger partial charge in [-0.2, -0.15) is 0 Å². The molecule has 0 aromatic carbocycles. The molecular weight excluding hydrogens is 246 g/mol. The molecule has 6 nitrogen and oxygen atoms in total. The Morgan fingerprint density at radius 3 is 2.79 bits per heavy atom. The average Bonchev–Trinajstić information content (AvgIpc) is 2.41. The van der Waals surface area contributed by atoms with E-state index < -0.39 is 0 Å². The normalized spacial score (nSPS) is 11.3. The average molecular weight is 269 g/mol. The van der Waals surface area contributed by atoms with E-state index >= 15 is 0 Å². The molecule has 0 rings (SSSR count). The summed E-state index contributed by atoms with van der Waals surface area (Å²) >= 11 is 0. The highest BCUT2D eigenvalue weighted by atomic mass is 16.8. The molecule has 0 spiro atoms. The second kappa shape index (κ2) is 10.3. The van der Waals surface area contributed by atoms with Crippen LogP contribution in [0, 0.1) is 0 Å². The van der Waals surface area contributed by atoms with Gasteiger partial charge >= 0.3 is 0 Å². The van der Waals surface area contributed by atoms with Crippen LogP contribution in [-0.2, 0) is 14.5 Å². The first kappa shape index (κ1) is 17.3. The summed E-state index contributed by atoms with van der Waals surface area (Å²) in [7, 11) is 3.30. The molecule has 0 heterocycles. The van der Waals surface area contributed by atoms with Crippen LogP contribution in [-0.4, -0.2) is 50.5 Å². The summed E-state index contributed by atoms with van der Waals surface area (Å²) in [6.07, 6.45) is 2.43. The summed E-state index contributed by atoms with van der Waals surface area (Å²) in [6, 6.07) is 0. The van der Waals surface area contributed by atoms with Gasteiger partial charge in [0, 0.05) is 27.2 Å². The van der Waals surface area contributed by atoms with Crippen molar-refractivity contribution in [1.29, 1.82) is 0 Å². The zero-order valence-corrected chi connectivity index (χ0v) is 11.9. The fourth-order valence-electron chi connectivity index (χ4n) is 1.01. The van der Waals surface area contributed by atoms with Gasteiger partial charge < -0.3 is 10.1 Å². The maximum Gasteiger partial charge on any atom is 0.268 e. The molecule has 6 heteroatoms. The number of carbonyl (C=O) groups excluding carboxylic acids is 1. The van der Waals surface area contributed by atoms with E-state index in [0.717, 1.165) is 12.0 Å². The van der Waals surface area contributed by atoms with Crippen LogP contribution in [0.15, 0.2) is 30.0 Å². The van der Waals surface area contributed by atoms with Crippen molar-refractivity contribution in [3.05, 3.63) is 24.8 Å². The largest absolute Gasteiger partial charge is 0.383 e. The van der Waals surface area contributed by atoms with Gasteiger partial charge in [-0.1, -0.05) is 30.0 Å². The van der Waals surface area contributed by atoms with Crippen molar-refractivity contribution < 1.29 is 14.5 Å². The molecule has 19 heavy (non-hydrogen) atoms. The Labute approximate surface area is 114 Å². The lowest BCUT2D eigenvalue weighted by molar-refractivity contribution is -0.139. The Morgan fingerprint density at radius 2 is 2.21 bits per heavy atom. The minimum Gasteiger partial charge on any atom is -0.383 e. The van der Waals surface area contributed by atoms with Crippen molar-refractivity contribution in [3.63, 3.8) is 0 Å². The Bertz CT molecular complexity index is 340. The standard InChI is InChI=1S/C13H23N3O3/c1-6-11(2)7-9-16(4)19-15-12(3)13(17)14-8-10-18-5/h6H,1-2,7-10H2,3-5H3,(H,14,17)/b15-12+. The summed E-state index contributed by atoms with van der Waals surface area (Å²) in [4.78, 5) is 16.6. The van der Waals surface area contributed by atoms with Gasteiger partial charge in [-0.3, -0.25) is 9.73 Å². The predicted octanol–water partition coefficient (Wildman–Crippen LogP) is 1.12. The second-order valence-corrected chi connectivity index (χ2v) is 3.97. The van der Waals surface area contributed by atoms with Gasteiger partial charge in [-0.15, -0.1) is 5.06 Å². The molecule has 0 aliphatic rings. The number of ether oxygens (including phenoxy) is 1. The SMILES string of the molecule is C=CC(=C)CCN(C)O/N=C(\C)C(=O)NCCOC. The molecule has 0 saturated carbocycles. The van der Waals surface area contributed by atoms with Crippen LogP contribution < -0.4 is 5.32 Å². The van der Waals surface area contributed by atoms with Gasteiger partial charge in [0.15, 0.2) is 0 Å². The highest BCUT2D eigenvalue weighted by molar-refractivity contribution is 6.37. The van der Waals surface area contributed by atoms with Crippen molar-refractivity contribution in [2.24, 2.45) is 5.16 Å². The number of hydroxylamine groups is 2. The summed E-state index contributed by atoms with van der Waals surface area (Å²) in [5.41, 5.74) is 1.18. The third kappa shape index (κ3) is 8.98. The number of hydrogen-bond donors (Lipinski definition) is 1. The molecule has 0 bridgehead atoms. The summed E-state index contributed by atoms with van der Waals surface area (Å²) in [5, 5.41) is 7.91. The summed E-state index contributed by atoms with van der Waals surface area (Å²) in [6.45, 7) is 10.5. The molecule has 0 saturated heterocycles. The van der Waals surface area contributed by atoms with E-state index in [1.54, 1.807) is 27.2 Å². The van der Waals surface area contributed by atoms with Crippen molar-refractivity contribution in [2.75, 3.05) is 33.9 Å². The molecule has 0 fully saturated rings. The minimum atomic E-state index is -0.277. The monoisotopic (exact) mass is 269 g/mol. The fourth-order valence-corrected chi connectivity index (χ4v) is 1.01. The lowest BCUT2D eigenvalue weighted by Gasteiger charge is -2.13. The number of carbonyl (C=O) groups is 1. The van der Waals surface area contributed by atoms with Crippen LogP contribution in [0.25, 0.3) is 0 Å². The third-order valence-corrected chi connectivity index (χ3v) is 2.27. The summed E-state index contributed by atoms with van der Waals surface area (Å²) in [5.74, 6) is -0.277. The van der Waals surface area contributed by atoms with Crippen LogP contribution in [0.3, 0.4) is 0 Å². The van der Waals surface area contributed by atoms with E-state index in [2.05, 4.69) is 23.6 Å². The Balaban J connectivity index is 3.98. The molecule has 0 radical (unpaired) electrons. The van der Waals surface area contributed by atoms with Crippen LogP contribution >= 0.6 is 0 Å². The molecule has 0 unspecified atom stereocenters. The molecule has 1 N–H and O–H groups in total. The first-order chi connectivity index (χ1) is 9.01. The van der Waals surface area contributed by atoms with E-state index in [4.69, 9.17) is 9.68 Å². The highest BCUT2D eigenvalue weighted by Gasteiger charge is 2.06. The Kier molecular flexibility index (Phi) is 9.38. The minimum absolute atomic E-state index is 0.255. The number of methoxy groups -OCH3 is 1. The summed E-state index contributed by atoms with van der Waals surface area (Å²) < 4.78 is 4.82. The van der Waals surface area contributed by atoms with Crippen molar-refractivity contribution in [2.45, 2.75) is 13.3 Å². The molecule has 0 aromatic rings. The Hall–Kier alpha value is -1.66. The van der Waals surface area contributed by atoms with Gasteiger partial charge in [0.05, 0.1) is 6.61 Å². The number of allylic oxidation sites excluding steroid dienone is 1. The predicted molar refractivity (Wildman–Crippen MR) is 75.7 cm³/mol. The lowest BCUT2D eigenvalue weighted by Crippen LogP contribution is -2.32. The molecule has 0 atom stereocenters. The zero-order valence-electron chi connectivity index (χ0n) is 11.9. The van der Waals surface area contributed by atoms with Crippen LogP contribution in [0.2, 0.25) is 0 Å². The van der Waals surface area contributed by atoms with Gasteiger partial charge in [0.2, 0.25) is 0 Å². The third-order valence-electron chi connectivity index (χ3n) is 2.27. The smallest absolute Gasteiger partial charge is 0.268 e. The van der Waals surface area contributed by atoms with Gasteiger partial charge in [0.1, 0.15) is 5.71 Å². The van der Waals surface area contributed by atoms with E-state index in [-0.39, 0.29) is 11.6 Å². The van der Waals surface area contributed by atoms with Crippen LogP contribution in [0.5, 0.6) is 0 Å². The number of nitrogens with one attached hydrogen (secondary N) is 1. The first-order valence-corrected chi connectivity index (χ1v) is 6.01. The number of hydrogen-bond acceptors (Lipinski definition) is 5. The Morgan fingerprint density at radius 1 is 1.53 bits per heavy atom. The van der Waals surface area contributed by atoms with Crippen LogP contribution in [0.1, 0.15) is 13.3 Å². The van der Waals surface area contributed by atoms with Crippen molar-refractivity contribution in [1.82, 2.24) is 10.4 Å². The van der Waals surface area contributed by atoms with E-state index in [0.29, 0.717) is 19.7 Å². The molecule has 1 amide bonds. The zero-order chi connectivity index (χ0) is 14.7. The number of nitrogens with zero attached hydrogens (tertiary/aromatic N) is 2. The quantitative estimate of drug-likeness (QED) is 0.279. The molecule has 0 aliphatic carbocycles. The lowest BCUT2D eigenvalue weighted by atomic mass is 10.2. The first-order valence-electron chi connectivity index (χ1n) is 6.01. The second-order valence-electron chi connectivity index (χ2n) is 3.97. The number of rotatable bonds is 10. The van der Waals surface area contributed by atoms with Gasteiger partial charge in [-0.25, -0.2) is 0 Å². The molecule has 0 aliphatic heterocycles. The fraction of sp³-hybridized carbons (Fsp3) is 0.538. The molecular formula is C13H23N3O3. The van der Waals surface area contributed by atoms with E-state index in [1.165, 1.54) is 5.06 Å². The van der Waals surface area contributed by atoms with Gasteiger partial charge in [-0.05, 0) is 13.3 Å². The van der Waals surface area contributed by atoms with E-state index in [9.17, 15) is 4.79 Å². The van der Waals surface area contributed by atoms with Crippen molar-refractivity contribution in [3.8, 4) is 0 Å². The van der Waals surface area contributed by atoms with Crippen molar-refractivity contribution >= 4 is 11.6 Å². The highest BCUT2D eigenvalue weighted by Crippen LogP contribution is 2.00. The maximum atomic E-state index is 11.5. The molecule has 108 valence electrons. The number of oxime groups is 1.